The predicted octanol–water partition coefficient (Wildman–Crippen LogP) is 2.82. The maximum Gasteiger partial charge on any atom is 0.223 e. The first-order chi connectivity index (χ1) is 9.15. The van der Waals surface area contributed by atoms with Gasteiger partial charge in [-0.2, -0.15) is 21.7 Å². The minimum Gasteiger partial charge on any atom is -0.370 e. The fraction of sp³-hybridized carbons (Fsp3) is 0.692. The lowest BCUT2D eigenvalue weighted by Crippen LogP contribution is -2.18. The van der Waals surface area contributed by atoms with E-state index in [0.29, 0.717) is 12.0 Å². The van der Waals surface area contributed by atoms with Crippen LogP contribution in [-0.2, 0) is 0 Å². The number of nitrogens with zero attached hydrogens (tertiary/aromatic N) is 2. The smallest absolute Gasteiger partial charge is 0.223 e. The quantitative estimate of drug-likeness (QED) is 0.605. The number of nitrogens with one attached hydrogen (secondary N) is 2. The number of nitrogen functional groups attached to an aromatic ring is 1. The van der Waals surface area contributed by atoms with Crippen LogP contribution in [-0.4, -0.2) is 34.1 Å². The van der Waals surface area contributed by atoms with Crippen LogP contribution in [0.5, 0.6) is 0 Å². The van der Waals surface area contributed by atoms with E-state index >= 15 is 0 Å². The van der Waals surface area contributed by atoms with Crippen molar-refractivity contribution in [1.29, 1.82) is 0 Å². The molecule has 108 valence electrons. The molecule has 0 saturated carbocycles. The first-order valence-electron chi connectivity index (χ1n) is 6.88. The molecule has 0 spiro atoms. The van der Waals surface area contributed by atoms with Crippen LogP contribution in [0.15, 0.2) is 6.07 Å². The molecule has 0 saturated heterocycles. The molecule has 1 rings (SSSR count). The standard InChI is InChI=1S/C13H25N5S/c1-4-7-15-11-9-12(18-13(14)17-11)16-10(3)6-8-19-5-2/h9-10H,4-8H2,1-3H3,(H4,14,15,16,17,18). The molecule has 1 atom stereocenters. The lowest BCUT2D eigenvalue weighted by Gasteiger charge is -2.15. The van der Waals surface area contributed by atoms with Crippen LogP contribution < -0.4 is 16.4 Å². The van der Waals surface area contributed by atoms with Crippen molar-refractivity contribution in [2.24, 2.45) is 0 Å². The molecule has 0 bridgehead atoms. The van der Waals surface area contributed by atoms with Gasteiger partial charge in [-0.3, -0.25) is 0 Å². The van der Waals surface area contributed by atoms with Crippen LogP contribution in [0.4, 0.5) is 17.6 Å². The summed E-state index contributed by atoms with van der Waals surface area (Å²) < 4.78 is 0. The second-order valence-electron chi connectivity index (χ2n) is 4.45. The number of hydrogen-bond acceptors (Lipinski definition) is 6. The molecule has 19 heavy (non-hydrogen) atoms. The van der Waals surface area contributed by atoms with Gasteiger partial charge in [0.05, 0.1) is 0 Å². The molecular formula is C13H25N5S. The van der Waals surface area contributed by atoms with E-state index in [1.165, 1.54) is 0 Å². The van der Waals surface area contributed by atoms with Crippen molar-refractivity contribution in [2.75, 3.05) is 34.4 Å². The Balaban J connectivity index is 2.54. The first kappa shape index (κ1) is 15.9. The summed E-state index contributed by atoms with van der Waals surface area (Å²) in [4.78, 5) is 8.38. The Hall–Kier alpha value is -1.17. The molecular weight excluding hydrogens is 258 g/mol. The van der Waals surface area contributed by atoms with E-state index < -0.39 is 0 Å². The Morgan fingerprint density at radius 3 is 2.74 bits per heavy atom. The van der Waals surface area contributed by atoms with Crippen molar-refractivity contribution in [2.45, 2.75) is 39.7 Å². The molecule has 1 unspecified atom stereocenters. The van der Waals surface area contributed by atoms with Gasteiger partial charge >= 0.3 is 0 Å². The number of thioether (sulfide) groups is 1. The number of anilines is 3. The highest BCUT2D eigenvalue weighted by molar-refractivity contribution is 7.99. The van der Waals surface area contributed by atoms with Crippen LogP contribution in [0.25, 0.3) is 0 Å². The number of nitrogens with two attached hydrogens (primary N) is 1. The maximum atomic E-state index is 5.72. The number of hydrogen-bond donors (Lipinski definition) is 3. The number of aromatic nitrogens is 2. The van der Waals surface area contributed by atoms with Gasteiger partial charge in [-0.15, -0.1) is 0 Å². The summed E-state index contributed by atoms with van der Waals surface area (Å²) in [5.74, 6) is 4.20. The maximum absolute atomic E-state index is 5.72. The average molecular weight is 283 g/mol. The van der Waals surface area contributed by atoms with Gasteiger partial charge in [0.25, 0.3) is 0 Å². The van der Waals surface area contributed by atoms with Crippen LogP contribution in [0.1, 0.15) is 33.6 Å². The third-order valence-corrected chi connectivity index (χ3v) is 3.53. The minimum atomic E-state index is 0.304. The molecule has 1 heterocycles. The van der Waals surface area contributed by atoms with Gasteiger partial charge in [-0.1, -0.05) is 13.8 Å². The van der Waals surface area contributed by atoms with Crippen molar-refractivity contribution < 1.29 is 0 Å². The molecule has 0 aliphatic rings. The van der Waals surface area contributed by atoms with Gasteiger partial charge in [-0.25, -0.2) is 0 Å². The van der Waals surface area contributed by atoms with E-state index in [9.17, 15) is 0 Å². The second kappa shape index (κ2) is 8.85. The Kier molecular flexibility index (Phi) is 7.40. The molecule has 0 aliphatic carbocycles. The van der Waals surface area contributed by atoms with Crippen molar-refractivity contribution in [1.82, 2.24) is 9.97 Å². The summed E-state index contributed by atoms with van der Waals surface area (Å²) in [6.07, 6.45) is 2.16. The summed E-state index contributed by atoms with van der Waals surface area (Å²) in [5.41, 5.74) is 5.72. The van der Waals surface area contributed by atoms with Gasteiger partial charge in [0.2, 0.25) is 5.95 Å². The molecule has 5 nitrogen and oxygen atoms in total. The van der Waals surface area contributed by atoms with Gasteiger partial charge in [0.1, 0.15) is 11.6 Å². The molecule has 0 fully saturated rings. The largest absolute Gasteiger partial charge is 0.370 e. The normalized spacial score (nSPS) is 12.2. The summed E-state index contributed by atoms with van der Waals surface area (Å²) in [7, 11) is 0. The molecule has 1 aromatic heterocycles. The molecule has 0 aromatic carbocycles. The summed E-state index contributed by atoms with van der Waals surface area (Å²) in [6.45, 7) is 7.34. The Morgan fingerprint density at radius 2 is 2.05 bits per heavy atom. The first-order valence-corrected chi connectivity index (χ1v) is 8.03. The van der Waals surface area contributed by atoms with Crippen LogP contribution >= 0.6 is 11.8 Å². The van der Waals surface area contributed by atoms with Crippen LogP contribution in [0.2, 0.25) is 0 Å². The van der Waals surface area contributed by atoms with Gasteiger partial charge in [0.15, 0.2) is 0 Å². The van der Waals surface area contributed by atoms with Crippen LogP contribution in [0, 0.1) is 0 Å². The Labute approximate surface area is 120 Å². The zero-order valence-corrected chi connectivity index (χ0v) is 12.9. The third-order valence-electron chi connectivity index (χ3n) is 2.59. The van der Waals surface area contributed by atoms with Crippen molar-refractivity contribution in [3.63, 3.8) is 0 Å². The fourth-order valence-electron chi connectivity index (χ4n) is 1.61. The molecule has 0 aliphatic heterocycles. The van der Waals surface area contributed by atoms with E-state index in [1.54, 1.807) is 0 Å². The zero-order valence-electron chi connectivity index (χ0n) is 12.1. The van der Waals surface area contributed by atoms with E-state index in [4.69, 9.17) is 5.73 Å². The van der Waals surface area contributed by atoms with E-state index in [1.807, 2.05) is 17.8 Å². The Bertz CT molecular complexity index is 372. The lowest BCUT2D eigenvalue weighted by atomic mass is 10.2. The monoisotopic (exact) mass is 283 g/mol. The molecule has 6 heteroatoms. The second-order valence-corrected chi connectivity index (χ2v) is 5.85. The molecule has 0 radical (unpaired) electrons. The SMILES string of the molecule is CCCNc1cc(NC(C)CCSCC)nc(N)n1. The lowest BCUT2D eigenvalue weighted by molar-refractivity contribution is 0.766. The van der Waals surface area contributed by atoms with Crippen molar-refractivity contribution in [3.8, 4) is 0 Å². The highest BCUT2D eigenvalue weighted by Gasteiger charge is 2.06. The van der Waals surface area contributed by atoms with E-state index in [2.05, 4.69) is 41.4 Å². The van der Waals surface area contributed by atoms with Crippen molar-refractivity contribution >= 4 is 29.3 Å². The minimum absolute atomic E-state index is 0.304. The topological polar surface area (TPSA) is 75.9 Å². The van der Waals surface area contributed by atoms with E-state index in [0.717, 1.165) is 42.5 Å². The molecule has 0 amide bonds. The predicted molar refractivity (Wildman–Crippen MR) is 85.9 cm³/mol. The van der Waals surface area contributed by atoms with Gasteiger partial charge < -0.3 is 16.4 Å². The van der Waals surface area contributed by atoms with Crippen LogP contribution in [0.3, 0.4) is 0 Å². The van der Waals surface area contributed by atoms with Crippen molar-refractivity contribution in [3.05, 3.63) is 6.07 Å². The fourth-order valence-corrected chi connectivity index (χ4v) is 2.42. The van der Waals surface area contributed by atoms with Gasteiger partial charge in [-0.05, 0) is 31.3 Å². The summed E-state index contributed by atoms with van der Waals surface area (Å²) >= 11 is 1.95. The average Bonchev–Trinajstić information content (AvgIpc) is 2.36. The van der Waals surface area contributed by atoms with E-state index in [-0.39, 0.29) is 0 Å². The molecule has 1 aromatic rings. The van der Waals surface area contributed by atoms with Gasteiger partial charge in [0, 0.05) is 18.7 Å². The highest BCUT2D eigenvalue weighted by Crippen LogP contribution is 2.15. The Morgan fingerprint density at radius 1 is 1.32 bits per heavy atom. The molecule has 4 N–H and O–H groups in total. The highest BCUT2D eigenvalue weighted by atomic mass is 32.2. The summed E-state index contributed by atoms with van der Waals surface area (Å²) in [5, 5.41) is 6.60. The summed E-state index contributed by atoms with van der Waals surface area (Å²) in [6, 6.07) is 2.29. The number of rotatable bonds is 9. The zero-order chi connectivity index (χ0) is 14.1. The third kappa shape index (κ3) is 6.52.